The normalized spacial score (nSPS) is 18.6. The minimum absolute atomic E-state index is 0.0458. The van der Waals surface area contributed by atoms with Gasteiger partial charge >= 0.3 is 0 Å². The maximum atomic E-state index is 13.0. The lowest BCUT2D eigenvalue weighted by Gasteiger charge is -2.32. The van der Waals surface area contributed by atoms with E-state index in [2.05, 4.69) is 29.2 Å². The van der Waals surface area contributed by atoms with Crippen LogP contribution in [0.4, 0.5) is 0 Å². The summed E-state index contributed by atoms with van der Waals surface area (Å²) in [5, 5.41) is 10.6. The molecule has 2 aromatic rings. The number of aryl methyl sites for hydroxylation is 1. The number of fused-ring (bicyclic) bond motifs is 1. The van der Waals surface area contributed by atoms with Crippen LogP contribution in [-0.2, 0) is 17.8 Å². The summed E-state index contributed by atoms with van der Waals surface area (Å²) in [6.07, 6.45) is 3.26. The van der Waals surface area contributed by atoms with Crippen molar-refractivity contribution in [1.29, 1.82) is 0 Å². The average molecular weight is 347 g/mol. The predicted molar refractivity (Wildman–Crippen MR) is 104 cm³/mol. The predicted octanol–water partition coefficient (Wildman–Crippen LogP) is 4.38. The number of likely N-dealkylation sites (tertiary alicyclic amines) is 1. The summed E-state index contributed by atoms with van der Waals surface area (Å²) in [5.74, 6) is 0.421. The van der Waals surface area contributed by atoms with Crippen molar-refractivity contribution in [2.24, 2.45) is 5.92 Å². The van der Waals surface area contributed by atoms with Gasteiger partial charge in [0.1, 0.15) is 5.76 Å². The maximum absolute atomic E-state index is 13.0. The van der Waals surface area contributed by atoms with Crippen LogP contribution in [-0.4, -0.2) is 28.9 Å². The lowest BCUT2D eigenvalue weighted by Crippen LogP contribution is -2.36. The van der Waals surface area contributed by atoms with Gasteiger partial charge in [-0.05, 0) is 49.9 Å². The molecule has 26 heavy (non-hydrogen) atoms. The van der Waals surface area contributed by atoms with E-state index in [1.54, 1.807) is 0 Å². The van der Waals surface area contributed by atoms with Gasteiger partial charge in [0.05, 0.1) is 0 Å². The number of ketones is 1. The van der Waals surface area contributed by atoms with Gasteiger partial charge in [0.2, 0.25) is 0 Å². The topological polar surface area (TPSA) is 40.5 Å². The minimum Gasteiger partial charge on any atom is -0.507 e. The third kappa shape index (κ3) is 3.45. The van der Waals surface area contributed by atoms with Gasteiger partial charge in [0.25, 0.3) is 0 Å². The molecule has 1 N–H and O–H groups in total. The van der Waals surface area contributed by atoms with Gasteiger partial charge in [-0.25, -0.2) is 0 Å². The first-order chi connectivity index (χ1) is 12.7. The number of benzene rings is 2. The highest BCUT2D eigenvalue weighted by molar-refractivity contribution is 6.03. The molecule has 0 atom stereocenters. The average Bonchev–Trinajstić information content (AvgIpc) is 2.69. The molecule has 0 aromatic heterocycles. The fourth-order valence-corrected chi connectivity index (χ4v) is 4.19. The molecular weight excluding hydrogens is 322 g/mol. The SMILES string of the molecule is O=C(C1=C(O)c2ccccc2CC1)C1CCN(Cc2ccccc2)CC1. The molecule has 1 aliphatic heterocycles. The van der Waals surface area contributed by atoms with Crippen LogP contribution in [0.15, 0.2) is 60.2 Å². The highest BCUT2D eigenvalue weighted by Gasteiger charge is 2.30. The van der Waals surface area contributed by atoms with Crippen molar-refractivity contribution in [1.82, 2.24) is 4.90 Å². The van der Waals surface area contributed by atoms with Crippen molar-refractivity contribution in [2.75, 3.05) is 13.1 Å². The Labute approximate surface area is 155 Å². The molecule has 3 nitrogen and oxygen atoms in total. The first-order valence-electron chi connectivity index (χ1n) is 9.53. The Balaban J connectivity index is 1.41. The third-order valence-electron chi connectivity index (χ3n) is 5.71. The van der Waals surface area contributed by atoms with Crippen LogP contribution < -0.4 is 0 Å². The second kappa shape index (κ2) is 7.46. The number of Topliss-reactive ketones (excluding diaryl/α,β-unsaturated/α-hetero) is 1. The largest absolute Gasteiger partial charge is 0.507 e. The number of carbonyl (C=O) groups is 1. The number of aliphatic hydroxyl groups excluding tert-OH is 1. The molecule has 3 heteroatoms. The molecule has 0 spiro atoms. The van der Waals surface area contributed by atoms with E-state index in [0.717, 1.165) is 50.0 Å². The van der Waals surface area contributed by atoms with Gasteiger partial charge in [-0.3, -0.25) is 9.69 Å². The first-order valence-corrected chi connectivity index (χ1v) is 9.53. The van der Waals surface area contributed by atoms with E-state index < -0.39 is 0 Å². The second-order valence-corrected chi connectivity index (χ2v) is 7.38. The molecule has 0 unspecified atom stereocenters. The van der Waals surface area contributed by atoms with Crippen LogP contribution in [0.3, 0.4) is 0 Å². The summed E-state index contributed by atoms with van der Waals surface area (Å²) in [4.78, 5) is 15.4. The van der Waals surface area contributed by atoms with Crippen molar-refractivity contribution >= 4 is 11.5 Å². The quantitative estimate of drug-likeness (QED) is 0.892. The molecular formula is C23H25NO2. The summed E-state index contributed by atoms with van der Waals surface area (Å²) in [5.41, 5.74) is 3.94. The molecule has 1 heterocycles. The molecule has 1 fully saturated rings. The monoisotopic (exact) mass is 347 g/mol. The van der Waals surface area contributed by atoms with Crippen molar-refractivity contribution in [2.45, 2.75) is 32.2 Å². The Kier molecular flexibility index (Phi) is 4.89. The van der Waals surface area contributed by atoms with Gasteiger partial charge in [0, 0.05) is 23.6 Å². The van der Waals surface area contributed by atoms with E-state index >= 15 is 0 Å². The van der Waals surface area contributed by atoms with Gasteiger partial charge in [0.15, 0.2) is 5.78 Å². The molecule has 0 bridgehead atoms. The standard InChI is InChI=1S/C23H25NO2/c25-22(21-11-10-18-8-4-5-9-20(18)23(21)26)19-12-14-24(15-13-19)16-17-6-2-1-3-7-17/h1-9,19,26H,10-16H2. The molecule has 1 saturated heterocycles. The zero-order chi connectivity index (χ0) is 17.9. The molecule has 1 aliphatic carbocycles. The smallest absolute Gasteiger partial charge is 0.165 e. The van der Waals surface area contributed by atoms with Crippen LogP contribution >= 0.6 is 0 Å². The summed E-state index contributed by atoms with van der Waals surface area (Å²) >= 11 is 0. The summed E-state index contributed by atoms with van der Waals surface area (Å²) in [6.45, 7) is 2.83. The maximum Gasteiger partial charge on any atom is 0.165 e. The van der Waals surface area contributed by atoms with Crippen molar-refractivity contribution in [3.63, 3.8) is 0 Å². The second-order valence-electron chi connectivity index (χ2n) is 7.38. The van der Waals surface area contributed by atoms with Crippen molar-refractivity contribution in [3.8, 4) is 0 Å². The summed E-state index contributed by atoms with van der Waals surface area (Å²) in [6, 6.07) is 18.3. The van der Waals surface area contributed by atoms with Crippen LogP contribution in [0.1, 0.15) is 36.0 Å². The lowest BCUT2D eigenvalue weighted by molar-refractivity contribution is -0.120. The van der Waals surface area contributed by atoms with E-state index in [9.17, 15) is 9.90 Å². The summed E-state index contributed by atoms with van der Waals surface area (Å²) < 4.78 is 0. The van der Waals surface area contributed by atoms with Crippen LogP contribution in [0.2, 0.25) is 0 Å². The Hall–Kier alpha value is -2.39. The summed E-state index contributed by atoms with van der Waals surface area (Å²) in [7, 11) is 0. The molecule has 134 valence electrons. The number of piperidine rings is 1. The number of aliphatic hydroxyl groups is 1. The number of hydrogen-bond acceptors (Lipinski definition) is 3. The van der Waals surface area contributed by atoms with E-state index in [-0.39, 0.29) is 17.5 Å². The third-order valence-corrected chi connectivity index (χ3v) is 5.71. The fraction of sp³-hybridized carbons (Fsp3) is 0.348. The van der Waals surface area contributed by atoms with Gasteiger partial charge in [-0.2, -0.15) is 0 Å². The van der Waals surface area contributed by atoms with E-state index in [4.69, 9.17) is 0 Å². The Bertz CT molecular complexity index is 817. The van der Waals surface area contributed by atoms with Gasteiger partial charge in [-0.15, -0.1) is 0 Å². The van der Waals surface area contributed by atoms with E-state index in [1.165, 1.54) is 5.56 Å². The number of hydrogen-bond donors (Lipinski definition) is 1. The molecule has 0 amide bonds. The highest BCUT2D eigenvalue weighted by atomic mass is 16.3. The molecule has 0 radical (unpaired) electrons. The van der Waals surface area contributed by atoms with E-state index in [1.807, 2.05) is 30.3 Å². The zero-order valence-electron chi connectivity index (χ0n) is 15.0. The number of rotatable bonds is 4. The Morgan fingerprint density at radius 1 is 0.962 bits per heavy atom. The molecule has 4 rings (SSSR count). The van der Waals surface area contributed by atoms with Crippen molar-refractivity contribution in [3.05, 3.63) is 76.9 Å². The van der Waals surface area contributed by atoms with Gasteiger partial charge < -0.3 is 5.11 Å². The minimum atomic E-state index is 0.0458. The number of nitrogens with zero attached hydrogens (tertiary/aromatic N) is 1. The number of carbonyl (C=O) groups excluding carboxylic acids is 1. The Morgan fingerprint density at radius 3 is 2.42 bits per heavy atom. The highest BCUT2D eigenvalue weighted by Crippen LogP contribution is 2.33. The van der Waals surface area contributed by atoms with E-state index in [0.29, 0.717) is 12.0 Å². The van der Waals surface area contributed by atoms with Gasteiger partial charge in [-0.1, -0.05) is 54.6 Å². The number of allylic oxidation sites excluding steroid dienone is 1. The van der Waals surface area contributed by atoms with Crippen molar-refractivity contribution < 1.29 is 9.90 Å². The lowest BCUT2D eigenvalue weighted by atomic mass is 9.82. The Morgan fingerprint density at radius 2 is 1.65 bits per heavy atom. The molecule has 2 aliphatic rings. The first kappa shape index (κ1) is 17.0. The zero-order valence-corrected chi connectivity index (χ0v) is 15.0. The molecule has 0 saturated carbocycles. The van der Waals surface area contributed by atoms with Crippen LogP contribution in [0.25, 0.3) is 5.76 Å². The fourth-order valence-electron chi connectivity index (χ4n) is 4.19. The molecule has 2 aromatic carbocycles. The van der Waals surface area contributed by atoms with Crippen LogP contribution in [0, 0.1) is 5.92 Å². The van der Waals surface area contributed by atoms with Crippen LogP contribution in [0.5, 0.6) is 0 Å².